The van der Waals surface area contributed by atoms with Gasteiger partial charge in [-0.3, -0.25) is 4.79 Å². The molecule has 1 amide bonds. The van der Waals surface area contributed by atoms with E-state index >= 15 is 0 Å². The van der Waals surface area contributed by atoms with E-state index in [1.165, 1.54) is 17.3 Å². The number of para-hydroxylation sites is 2. The fourth-order valence-corrected chi connectivity index (χ4v) is 3.00. The van der Waals surface area contributed by atoms with Crippen LogP contribution in [-0.4, -0.2) is 21.2 Å². The number of benzene rings is 2. The number of carbonyl (C=O) groups excluding carboxylic acids is 1. The van der Waals surface area contributed by atoms with Gasteiger partial charge in [-0.05, 0) is 31.2 Å². The summed E-state index contributed by atoms with van der Waals surface area (Å²) in [6.07, 6.45) is 0. The van der Waals surface area contributed by atoms with Gasteiger partial charge in [0.05, 0.1) is 16.8 Å². The van der Waals surface area contributed by atoms with Crippen molar-refractivity contribution in [1.82, 2.24) is 9.55 Å². The fraction of sp³-hybridized carbons (Fsp3) is 0.176. The van der Waals surface area contributed by atoms with Crippen molar-refractivity contribution in [2.45, 2.75) is 12.1 Å². The van der Waals surface area contributed by atoms with Gasteiger partial charge < -0.3 is 9.88 Å². The number of nitrogens with zero attached hydrogens (tertiary/aromatic N) is 2. The molecule has 3 rings (SSSR count). The van der Waals surface area contributed by atoms with E-state index in [0.717, 1.165) is 21.9 Å². The molecule has 0 radical (unpaired) electrons. The van der Waals surface area contributed by atoms with Gasteiger partial charge in [-0.1, -0.05) is 41.6 Å². The zero-order valence-corrected chi connectivity index (χ0v) is 13.4. The molecule has 0 aliphatic rings. The molecule has 0 bridgehead atoms. The smallest absolute Gasteiger partial charge is 0.234 e. The molecule has 0 saturated heterocycles. The third-order valence-electron chi connectivity index (χ3n) is 3.41. The Bertz CT molecular complexity index is 808. The predicted octanol–water partition coefficient (Wildman–Crippen LogP) is 3.61. The minimum atomic E-state index is -0.0269. The van der Waals surface area contributed by atoms with Crippen LogP contribution in [0.3, 0.4) is 0 Å². The Morgan fingerprint density at radius 1 is 1.18 bits per heavy atom. The molecule has 1 aromatic heterocycles. The Balaban J connectivity index is 1.64. The van der Waals surface area contributed by atoms with Crippen LogP contribution in [0.25, 0.3) is 11.0 Å². The quantitative estimate of drug-likeness (QED) is 0.749. The Kier molecular flexibility index (Phi) is 4.15. The molecule has 4 nitrogen and oxygen atoms in total. The van der Waals surface area contributed by atoms with E-state index in [1.807, 2.05) is 67.1 Å². The maximum absolute atomic E-state index is 12.0. The summed E-state index contributed by atoms with van der Waals surface area (Å²) in [7, 11) is 1.97. The van der Waals surface area contributed by atoms with Gasteiger partial charge in [0.1, 0.15) is 0 Å². The molecular formula is C17H17N3OS. The third-order valence-corrected chi connectivity index (χ3v) is 4.44. The monoisotopic (exact) mass is 311 g/mol. The molecule has 0 spiro atoms. The summed E-state index contributed by atoms with van der Waals surface area (Å²) < 4.78 is 2.01. The second-order valence-electron chi connectivity index (χ2n) is 5.14. The van der Waals surface area contributed by atoms with E-state index in [0.29, 0.717) is 5.75 Å². The number of imidazole rings is 1. The summed E-state index contributed by atoms with van der Waals surface area (Å²) >= 11 is 1.44. The molecule has 2 aromatic carbocycles. The van der Waals surface area contributed by atoms with Gasteiger partial charge in [0.15, 0.2) is 5.16 Å². The van der Waals surface area contributed by atoms with Gasteiger partial charge in [0.25, 0.3) is 0 Å². The first-order valence-corrected chi connectivity index (χ1v) is 8.03. The minimum absolute atomic E-state index is 0.0269. The number of fused-ring (bicyclic) bond motifs is 1. The first kappa shape index (κ1) is 14.7. The highest BCUT2D eigenvalue weighted by Gasteiger charge is 2.10. The fourth-order valence-electron chi connectivity index (χ4n) is 2.22. The number of rotatable bonds is 4. The molecule has 1 N–H and O–H groups in total. The van der Waals surface area contributed by atoms with Crippen LogP contribution in [0.2, 0.25) is 0 Å². The topological polar surface area (TPSA) is 46.9 Å². The second-order valence-corrected chi connectivity index (χ2v) is 6.09. The van der Waals surface area contributed by atoms with Gasteiger partial charge in [0.2, 0.25) is 5.91 Å². The molecule has 0 aliphatic heterocycles. The number of thioether (sulfide) groups is 1. The molecule has 0 fully saturated rings. The van der Waals surface area contributed by atoms with Crippen molar-refractivity contribution in [3.63, 3.8) is 0 Å². The molecular weight excluding hydrogens is 294 g/mol. The van der Waals surface area contributed by atoms with Crippen LogP contribution in [0.4, 0.5) is 5.69 Å². The van der Waals surface area contributed by atoms with Crippen LogP contribution >= 0.6 is 11.8 Å². The second kappa shape index (κ2) is 6.23. The molecule has 22 heavy (non-hydrogen) atoms. The molecule has 3 aromatic rings. The summed E-state index contributed by atoms with van der Waals surface area (Å²) in [6, 6.07) is 15.7. The van der Waals surface area contributed by atoms with E-state index in [-0.39, 0.29) is 5.91 Å². The van der Waals surface area contributed by atoms with E-state index in [9.17, 15) is 4.79 Å². The van der Waals surface area contributed by atoms with Gasteiger partial charge >= 0.3 is 0 Å². The molecule has 0 unspecified atom stereocenters. The molecule has 0 saturated carbocycles. The Hall–Kier alpha value is -2.27. The number of carbonyl (C=O) groups is 1. The third kappa shape index (κ3) is 3.14. The summed E-state index contributed by atoms with van der Waals surface area (Å²) in [5, 5.41) is 3.74. The number of amides is 1. The number of hydrogen-bond donors (Lipinski definition) is 1. The number of anilines is 1. The summed E-state index contributed by atoms with van der Waals surface area (Å²) in [5.41, 5.74) is 4.02. The summed E-state index contributed by atoms with van der Waals surface area (Å²) in [4.78, 5) is 16.6. The highest BCUT2D eigenvalue weighted by Crippen LogP contribution is 2.22. The SMILES string of the molecule is Cc1ccc(NC(=O)CSc2nc3ccccc3n2C)cc1. The average molecular weight is 311 g/mol. The van der Waals surface area contributed by atoms with Crippen molar-refractivity contribution in [2.75, 3.05) is 11.1 Å². The van der Waals surface area contributed by atoms with Gasteiger partial charge in [-0.15, -0.1) is 0 Å². The number of aryl methyl sites for hydroxylation is 2. The Labute approximate surface area is 133 Å². The van der Waals surface area contributed by atoms with Gasteiger partial charge in [-0.25, -0.2) is 4.98 Å². The van der Waals surface area contributed by atoms with Gasteiger partial charge in [0, 0.05) is 12.7 Å². The first-order chi connectivity index (χ1) is 10.6. The lowest BCUT2D eigenvalue weighted by Gasteiger charge is -2.05. The molecule has 112 valence electrons. The lowest BCUT2D eigenvalue weighted by atomic mass is 10.2. The van der Waals surface area contributed by atoms with Crippen LogP contribution in [0.15, 0.2) is 53.7 Å². The minimum Gasteiger partial charge on any atom is -0.325 e. The van der Waals surface area contributed by atoms with Crippen molar-refractivity contribution in [1.29, 1.82) is 0 Å². The Morgan fingerprint density at radius 2 is 1.91 bits per heavy atom. The van der Waals surface area contributed by atoms with Crippen LogP contribution in [0.1, 0.15) is 5.56 Å². The van der Waals surface area contributed by atoms with Crippen molar-refractivity contribution in [3.05, 3.63) is 54.1 Å². The van der Waals surface area contributed by atoms with Crippen molar-refractivity contribution in [2.24, 2.45) is 7.05 Å². The molecule has 1 heterocycles. The van der Waals surface area contributed by atoms with E-state index < -0.39 is 0 Å². The normalized spacial score (nSPS) is 10.8. The first-order valence-electron chi connectivity index (χ1n) is 7.04. The molecule has 0 aliphatic carbocycles. The van der Waals surface area contributed by atoms with Crippen LogP contribution in [0.5, 0.6) is 0 Å². The highest BCUT2D eigenvalue weighted by atomic mass is 32.2. The largest absolute Gasteiger partial charge is 0.325 e. The molecule has 5 heteroatoms. The van der Waals surface area contributed by atoms with Crippen LogP contribution < -0.4 is 5.32 Å². The zero-order chi connectivity index (χ0) is 15.5. The lowest BCUT2D eigenvalue weighted by molar-refractivity contribution is -0.113. The molecule has 0 atom stereocenters. The summed E-state index contributed by atoms with van der Waals surface area (Å²) in [5.74, 6) is 0.311. The van der Waals surface area contributed by atoms with Crippen molar-refractivity contribution < 1.29 is 4.79 Å². The van der Waals surface area contributed by atoms with E-state index in [4.69, 9.17) is 0 Å². The highest BCUT2D eigenvalue weighted by molar-refractivity contribution is 7.99. The van der Waals surface area contributed by atoms with Crippen molar-refractivity contribution >= 4 is 34.4 Å². The standard InChI is InChI=1S/C17H17N3OS/c1-12-7-9-13(10-8-12)18-16(21)11-22-17-19-14-5-3-4-6-15(14)20(17)2/h3-10H,11H2,1-2H3,(H,18,21). The summed E-state index contributed by atoms with van der Waals surface area (Å²) in [6.45, 7) is 2.02. The maximum atomic E-state index is 12.0. The predicted molar refractivity (Wildman–Crippen MR) is 91.2 cm³/mol. The van der Waals surface area contributed by atoms with Crippen molar-refractivity contribution in [3.8, 4) is 0 Å². The number of nitrogens with one attached hydrogen (secondary N) is 1. The average Bonchev–Trinajstić information content (AvgIpc) is 2.84. The van der Waals surface area contributed by atoms with Crippen LogP contribution in [0, 0.1) is 6.92 Å². The lowest BCUT2D eigenvalue weighted by Crippen LogP contribution is -2.14. The zero-order valence-electron chi connectivity index (χ0n) is 12.5. The maximum Gasteiger partial charge on any atom is 0.234 e. The Morgan fingerprint density at radius 3 is 2.64 bits per heavy atom. The van der Waals surface area contributed by atoms with Crippen LogP contribution in [-0.2, 0) is 11.8 Å². The van der Waals surface area contributed by atoms with E-state index in [2.05, 4.69) is 10.3 Å². The van der Waals surface area contributed by atoms with E-state index in [1.54, 1.807) is 0 Å². The van der Waals surface area contributed by atoms with Gasteiger partial charge in [-0.2, -0.15) is 0 Å². The number of hydrogen-bond acceptors (Lipinski definition) is 3. The number of aromatic nitrogens is 2.